The Kier molecular flexibility index (Phi) is 6.71. The Morgan fingerprint density at radius 1 is 1.46 bits per heavy atom. The van der Waals surface area contributed by atoms with Crippen molar-refractivity contribution in [1.29, 1.82) is 0 Å². The highest BCUT2D eigenvalue weighted by molar-refractivity contribution is 5.96. The molecule has 0 aromatic carbocycles. The van der Waals surface area contributed by atoms with E-state index in [9.17, 15) is 28.3 Å². The van der Waals surface area contributed by atoms with Crippen molar-refractivity contribution in [2.24, 2.45) is 0 Å². The lowest BCUT2D eigenvalue weighted by atomic mass is 9.99. The maximum absolute atomic E-state index is 13.0. The first-order valence-corrected chi connectivity index (χ1v) is 8.63. The number of esters is 1. The van der Waals surface area contributed by atoms with Gasteiger partial charge in [0.2, 0.25) is 0 Å². The third-order valence-corrected chi connectivity index (χ3v) is 4.35. The number of carbonyl (C=O) groups is 3. The number of nitrogens with zero attached hydrogens (tertiary/aromatic N) is 3. The number of nitrogens with one attached hydrogen (secondary N) is 1. The van der Waals surface area contributed by atoms with Crippen molar-refractivity contribution in [1.82, 2.24) is 20.0 Å². The van der Waals surface area contributed by atoms with Crippen molar-refractivity contribution in [3.8, 4) is 0 Å². The Balaban J connectivity index is 2.27. The first kappa shape index (κ1) is 21.3. The summed E-state index contributed by atoms with van der Waals surface area (Å²) in [7, 11) is 0. The molecule has 0 bridgehead atoms. The molecule has 0 spiro atoms. The van der Waals surface area contributed by atoms with Crippen LogP contribution in [0.5, 0.6) is 0 Å². The van der Waals surface area contributed by atoms with E-state index in [0.29, 0.717) is 17.7 Å². The monoisotopic (exact) mass is 400 g/mol. The second-order valence-electron chi connectivity index (χ2n) is 6.39. The third-order valence-electron chi connectivity index (χ3n) is 4.35. The summed E-state index contributed by atoms with van der Waals surface area (Å²) in [6.45, 7) is 5.38. The number of hydrogen-bond acceptors (Lipinski definition) is 5. The van der Waals surface area contributed by atoms with Crippen molar-refractivity contribution >= 4 is 18.0 Å². The maximum Gasteiger partial charge on any atom is 0.407 e. The van der Waals surface area contributed by atoms with Crippen molar-refractivity contribution in [2.45, 2.75) is 39.3 Å². The molecule has 2 amide bonds. The number of alkyl halides is 2. The lowest BCUT2D eigenvalue weighted by Crippen LogP contribution is -2.43. The Morgan fingerprint density at radius 2 is 2.14 bits per heavy atom. The van der Waals surface area contributed by atoms with E-state index in [0.717, 1.165) is 9.80 Å². The van der Waals surface area contributed by atoms with Crippen molar-refractivity contribution in [2.75, 3.05) is 19.7 Å². The summed E-state index contributed by atoms with van der Waals surface area (Å²) in [6, 6.07) is -0.325. The fraction of sp³-hybridized carbons (Fsp3) is 0.529. The van der Waals surface area contributed by atoms with Crippen molar-refractivity contribution in [3.05, 3.63) is 29.1 Å². The zero-order valence-corrected chi connectivity index (χ0v) is 15.6. The molecule has 1 aliphatic heterocycles. The molecule has 0 radical (unpaired) electrons. The summed E-state index contributed by atoms with van der Waals surface area (Å²) in [5.41, 5.74) is 0.618. The minimum Gasteiger partial charge on any atom is -0.465 e. The maximum atomic E-state index is 13.0. The first-order chi connectivity index (χ1) is 13.1. The smallest absolute Gasteiger partial charge is 0.407 e. The standard InChI is InChI=1S/C17H22F2N4O5/c1-4-28-16(25)9(2)6-22(8-13(18)19)15(24)14-11-7-23(17(26)27)10(3)5-12(11)20-21-14/h10,13H,2,4-8H2,1,3H3,(H,20,21)(H,26,27)/t10-/m1/s1. The normalized spacial score (nSPS) is 15.9. The number of halogens is 2. The van der Waals surface area contributed by atoms with Gasteiger partial charge in [-0.1, -0.05) is 6.58 Å². The molecule has 0 aliphatic carbocycles. The molecule has 2 heterocycles. The van der Waals surface area contributed by atoms with E-state index in [1.165, 1.54) is 0 Å². The molecule has 1 atom stereocenters. The highest BCUT2D eigenvalue weighted by atomic mass is 19.3. The van der Waals surface area contributed by atoms with Gasteiger partial charge in [0.1, 0.15) is 0 Å². The molecule has 9 nitrogen and oxygen atoms in total. The zero-order valence-electron chi connectivity index (χ0n) is 15.6. The number of rotatable bonds is 7. The summed E-state index contributed by atoms with van der Waals surface area (Å²) in [5.74, 6) is -1.63. The van der Waals surface area contributed by atoms with Gasteiger partial charge >= 0.3 is 12.1 Å². The number of aromatic nitrogens is 2. The number of carboxylic acid groups (broad SMARTS) is 1. The Bertz CT molecular complexity index is 780. The molecule has 1 aromatic heterocycles. The SMILES string of the molecule is C=C(CN(CC(F)F)C(=O)c1n[nH]c2c1CN(C(=O)O)[C@H](C)C2)C(=O)OCC. The molecule has 0 unspecified atom stereocenters. The summed E-state index contributed by atoms with van der Waals surface area (Å²) >= 11 is 0. The van der Waals surface area contributed by atoms with Gasteiger partial charge in [-0.15, -0.1) is 0 Å². The molecule has 28 heavy (non-hydrogen) atoms. The topological polar surface area (TPSA) is 116 Å². The zero-order chi connectivity index (χ0) is 21.0. The first-order valence-electron chi connectivity index (χ1n) is 8.63. The van der Waals surface area contributed by atoms with Gasteiger partial charge in [0.25, 0.3) is 12.3 Å². The average Bonchev–Trinajstić information content (AvgIpc) is 3.01. The fourth-order valence-corrected chi connectivity index (χ4v) is 2.97. The number of aromatic amines is 1. The van der Waals surface area contributed by atoms with Gasteiger partial charge in [-0.2, -0.15) is 5.10 Å². The summed E-state index contributed by atoms with van der Waals surface area (Å²) in [6.07, 6.45) is -3.69. The molecule has 2 N–H and O–H groups in total. The van der Waals surface area contributed by atoms with E-state index < -0.39 is 37.5 Å². The van der Waals surface area contributed by atoms with Crippen LogP contribution < -0.4 is 0 Å². The average molecular weight is 400 g/mol. The highest BCUT2D eigenvalue weighted by Crippen LogP contribution is 2.25. The van der Waals surface area contributed by atoms with Crippen LogP contribution in [0.3, 0.4) is 0 Å². The minimum absolute atomic E-state index is 0.0801. The number of carbonyl (C=O) groups excluding carboxylic acids is 2. The predicted octanol–water partition coefficient (Wildman–Crippen LogP) is 1.66. The van der Waals surface area contributed by atoms with Crippen LogP contribution in [0, 0.1) is 0 Å². The molecule has 2 rings (SSSR count). The van der Waals surface area contributed by atoms with Crippen LogP contribution in [0.2, 0.25) is 0 Å². The number of amides is 2. The Labute approximate surface area is 159 Å². The van der Waals surface area contributed by atoms with Crippen LogP contribution >= 0.6 is 0 Å². The number of hydrogen-bond donors (Lipinski definition) is 2. The molecule has 11 heteroatoms. The molecule has 0 saturated carbocycles. The lowest BCUT2D eigenvalue weighted by Gasteiger charge is -2.31. The van der Waals surface area contributed by atoms with Gasteiger partial charge in [0.05, 0.1) is 26.2 Å². The van der Waals surface area contributed by atoms with E-state index in [2.05, 4.69) is 16.8 Å². The molecule has 0 saturated heterocycles. The largest absolute Gasteiger partial charge is 0.465 e. The minimum atomic E-state index is -2.84. The van der Waals surface area contributed by atoms with Crippen molar-refractivity contribution in [3.63, 3.8) is 0 Å². The van der Waals surface area contributed by atoms with Crippen LogP contribution in [-0.4, -0.2) is 75.2 Å². The van der Waals surface area contributed by atoms with E-state index in [4.69, 9.17) is 4.74 Å². The predicted molar refractivity (Wildman–Crippen MR) is 93.0 cm³/mol. The number of ether oxygens (including phenoxy) is 1. The summed E-state index contributed by atoms with van der Waals surface area (Å²) in [4.78, 5) is 37.8. The second kappa shape index (κ2) is 8.81. The molecule has 1 aromatic rings. The number of fused-ring (bicyclic) bond motifs is 1. The molecule has 0 fully saturated rings. The van der Waals surface area contributed by atoms with E-state index in [-0.39, 0.29) is 30.5 Å². The van der Waals surface area contributed by atoms with Gasteiger partial charge in [0, 0.05) is 29.3 Å². The summed E-state index contributed by atoms with van der Waals surface area (Å²) < 4.78 is 30.7. The van der Waals surface area contributed by atoms with Gasteiger partial charge in [-0.25, -0.2) is 18.4 Å². The van der Waals surface area contributed by atoms with E-state index in [1.54, 1.807) is 13.8 Å². The molecule has 154 valence electrons. The van der Waals surface area contributed by atoms with Gasteiger partial charge < -0.3 is 19.6 Å². The second-order valence-corrected chi connectivity index (χ2v) is 6.39. The van der Waals surface area contributed by atoms with Crippen LogP contribution in [0.25, 0.3) is 0 Å². The quantitative estimate of drug-likeness (QED) is 0.531. The third kappa shape index (κ3) is 4.65. The molecule has 1 aliphatic rings. The summed E-state index contributed by atoms with van der Waals surface area (Å²) in [5, 5.41) is 15.9. The van der Waals surface area contributed by atoms with Crippen LogP contribution in [0.1, 0.15) is 35.6 Å². The van der Waals surface area contributed by atoms with E-state index in [1.807, 2.05) is 0 Å². The van der Waals surface area contributed by atoms with Crippen LogP contribution in [0.15, 0.2) is 12.2 Å². The fourth-order valence-electron chi connectivity index (χ4n) is 2.97. The molecular weight excluding hydrogens is 378 g/mol. The van der Waals surface area contributed by atoms with Gasteiger partial charge in [0.15, 0.2) is 5.69 Å². The Morgan fingerprint density at radius 3 is 2.71 bits per heavy atom. The Hall–Kier alpha value is -2.98. The van der Waals surface area contributed by atoms with Crippen LogP contribution in [0.4, 0.5) is 13.6 Å². The highest BCUT2D eigenvalue weighted by Gasteiger charge is 2.34. The lowest BCUT2D eigenvalue weighted by molar-refractivity contribution is -0.138. The molecular formula is C17H22F2N4O5. The van der Waals surface area contributed by atoms with Gasteiger partial charge in [-0.3, -0.25) is 9.89 Å². The van der Waals surface area contributed by atoms with Crippen molar-refractivity contribution < 1.29 is 33.0 Å². The van der Waals surface area contributed by atoms with Gasteiger partial charge in [-0.05, 0) is 13.8 Å². The van der Waals surface area contributed by atoms with Crippen LogP contribution in [-0.2, 0) is 22.5 Å². The van der Waals surface area contributed by atoms with E-state index >= 15 is 0 Å². The number of H-pyrrole nitrogens is 1.